The van der Waals surface area contributed by atoms with Gasteiger partial charge in [0.2, 0.25) is 0 Å². The fraction of sp³-hybridized carbons (Fsp3) is 0.538. The lowest BCUT2D eigenvalue weighted by molar-refractivity contribution is 0.285. The molecule has 0 radical (unpaired) electrons. The normalized spacial score (nSPS) is 14.3. The summed E-state index contributed by atoms with van der Waals surface area (Å²) in [4.78, 5) is -2.01. The van der Waals surface area contributed by atoms with Crippen LogP contribution in [0.15, 0.2) is 4.90 Å². The molecule has 1 N–H and O–H groups in total. The second kappa shape index (κ2) is 5.57. The van der Waals surface area contributed by atoms with Gasteiger partial charge in [0.25, 0.3) is 0 Å². The summed E-state index contributed by atoms with van der Waals surface area (Å²) in [5.41, 5.74) is -1.57. The first-order chi connectivity index (χ1) is 9.34. The van der Waals surface area contributed by atoms with Crippen molar-refractivity contribution in [2.45, 2.75) is 44.9 Å². The van der Waals surface area contributed by atoms with Crippen LogP contribution in [0.25, 0.3) is 0 Å². The molecule has 1 aromatic rings. The van der Waals surface area contributed by atoms with Crippen molar-refractivity contribution in [3.8, 4) is 0 Å². The molecule has 1 rings (SSSR count). The summed E-state index contributed by atoms with van der Waals surface area (Å²) in [7, 11) is -5.42. The van der Waals surface area contributed by atoms with E-state index in [9.17, 15) is 26.0 Å². The zero-order valence-electron chi connectivity index (χ0n) is 12.0. The van der Waals surface area contributed by atoms with E-state index in [0.717, 1.165) is 0 Å². The van der Waals surface area contributed by atoms with Crippen LogP contribution in [0.4, 0.5) is 17.6 Å². The van der Waals surface area contributed by atoms with Crippen LogP contribution in [0.3, 0.4) is 0 Å². The van der Waals surface area contributed by atoms with Gasteiger partial charge < -0.3 is 0 Å². The summed E-state index contributed by atoms with van der Waals surface area (Å²) in [5, 5.41) is 0. The van der Waals surface area contributed by atoms with Gasteiger partial charge in [0.05, 0.1) is 0 Å². The third-order valence-corrected chi connectivity index (χ3v) is 4.19. The Labute approximate surface area is 120 Å². The van der Waals surface area contributed by atoms with Gasteiger partial charge in [0, 0.05) is 5.56 Å². The highest BCUT2D eigenvalue weighted by molar-refractivity contribution is 7.85. The molecule has 21 heavy (non-hydrogen) atoms. The third-order valence-electron chi connectivity index (χ3n) is 3.32. The highest BCUT2D eigenvalue weighted by Gasteiger charge is 2.37. The van der Waals surface area contributed by atoms with Crippen molar-refractivity contribution in [3.63, 3.8) is 0 Å². The van der Waals surface area contributed by atoms with Gasteiger partial charge in [-0.3, -0.25) is 4.55 Å². The van der Waals surface area contributed by atoms with Gasteiger partial charge in [0.1, 0.15) is 0 Å². The van der Waals surface area contributed by atoms with Gasteiger partial charge in [-0.1, -0.05) is 27.7 Å². The van der Waals surface area contributed by atoms with E-state index in [2.05, 4.69) is 0 Å². The van der Waals surface area contributed by atoms with Crippen LogP contribution in [0.2, 0.25) is 0 Å². The first-order valence-corrected chi connectivity index (χ1v) is 7.61. The van der Waals surface area contributed by atoms with Crippen molar-refractivity contribution in [1.82, 2.24) is 0 Å². The fourth-order valence-electron chi connectivity index (χ4n) is 2.41. The Hall–Kier alpha value is -1.15. The SMILES string of the molecule is CCC(c1c(F)c(F)c(S(=O)(=O)O)c(F)c1F)C(C)(C)C. The van der Waals surface area contributed by atoms with Crippen molar-refractivity contribution in [1.29, 1.82) is 0 Å². The molecule has 0 aliphatic heterocycles. The molecule has 120 valence electrons. The van der Waals surface area contributed by atoms with Crippen LogP contribution < -0.4 is 0 Å². The molecule has 1 aromatic carbocycles. The first-order valence-electron chi connectivity index (χ1n) is 6.17. The van der Waals surface area contributed by atoms with Crippen LogP contribution in [-0.2, 0) is 10.1 Å². The third kappa shape index (κ3) is 3.21. The molecule has 0 heterocycles. The average Bonchev–Trinajstić information content (AvgIpc) is 2.28. The maximum Gasteiger partial charge on any atom is 0.300 e. The van der Waals surface area contributed by atoms with Crippen molar-refractivity contribution in [2.24, 2.45) is 5.41 Å². The second-order valence-corrected chi connectivity index (χ2v) is 7.16. The van der Waals surface area contributed by atoms with Crippen LogP contribution in [0.1, 0.15) is 45.6 Å². The molecule has 0 saturated carbocycles. The zero-order chi connectivity index (χ0) is 16.7. The van der Waals surface area contributed by atoms with E-state index in [1.807, 2.05) is 0 Å². The summed E-state index contributed by atoms with van der Waals surface area (Å²) in [5.74, 6) is -8.72. The Balaban J connectivity index is 3.82. The van der Waals surface area contributed by atoms with E-state index in [0.29, 0.717) is 0 Å². The average molecular weight is 328 g/mol. The largest absolute Gasteiger partial charge is 0.300 e. The summed E-state index contributed by atoms with van der Waals surface area (Å²) < 4.78 is 86.1. The lowest BCUT2D eigenvalue weighted by atomic mass is 9.74. The number of benzene rings is 1. The quantitative estimate of drug-likeness (QED) is 0.518. The van der Waals surface area contributed by atoms with Crippen molar-refractivity contribution >= 4 is 10.1 Å². The Morgan fingerprint density at radius 3 is 1.62 bits per heavy atom. The Bertz CT molecular complexity index is 634. The monoisotopic (exact) mass is 328 g/mol. The predicted molar refractivity (Wildman–Crippen MR) is 68.6 cm³/mol. The highest BCUT2D eigenvalue weighted by atomic mass is 32.2. The summed E-state index contributed by atoms with van der Waals surface area (Å²) in [6.07, 6.45) is 0.182. The van der Waals surface area contributed by atoms with Crippen molar-refractivity contribution < 1.29 is 30.5 Å². The lowest BCUT2D eigenvalue weighted by Crippen LogP contribution is -2.23. The smallest absolute Gasteiger partial charge is 0.282 e. The lowest BCUT2D eigenvalue weighted by Gasteiger charge is -2.31. The van der Waals surface area contributed by atoms with Gasteiger partial charge in [-0.25, -0.2) is 17.6 Å². The Morgan fingerprint density at radius 1 is 1.00 bits per heavy atom. The molecule has 1 unspecified atom stereocenters. The topological polar surface area (TPSA) is 54.4 Å². The molecule has 0 spiro atoms. The second-order valence-electron chi connectivity index (χ2n) is 5.80. The van der Waals surface area contributed by atoms with Gasteiger partial charge in [0.15, 0.2) is 28.2 Å². The Morgan fingerprint density at radius 2 is 1.38 bits per heavy atom. The molecular formula is C13H16F4O3S. The molecule has 0 fully saturated rings. The minimum absolute atomic E-state index is 0.182. The first kappa shape index (κ1) is 17.9. The number of hydrogen-bond donors (Lipinski definition) is 1. The van der Waals surface area contributed by atoms with E-state index in [-0.39, 0.29) is 6.42 Å². The molecule has 3 nitrogen and oxygen atoms in total. The van der Waals surface area contributed by atoms with Gasteiger partial charge in [-0.15, -0.1) is 0 Å². The van der Waals surface area contributed by atoms with E-state index in [1.165, 1.54) is 0 Å². The number of rotatable bonds is 3. The minimum atomic E-state index is -5.42. The number of halogens is 4. The maximum absolute atomic E-state index is 14.0. The molecule has 0 aliphatic carbocycles. The van der Waals surface area contributed by atoms with Crippen LogP contribution in [0, 0.1) is 28.7 Å². The van der Waals surface area contributed by atoms with Crippen LogP contribution >= 0.6 is 0 Å². The maximum atomic E-state index is 14.0. The molecule has 0 aromatic heterocycles. The van der Waals surface area contributed by atoms with E-state index < -0.39 is 55.2 Å². The fourth-order valence-corrected chi connectivity index (χ4v) is 3.04. The molecule has 0 bridgehead atoms. The molecule has 8 heteroatoms. The molecule has 1 atom stereocenters. The molecule has 0 aliphatic rings. The summed E-state index contributed by atoms with van der Waals surface area (Å²) in [6, 6.07) is 0. The van der Waals surface area contributed by atoms with Gasteiger partial charge in [-0.2, -0.15) is 8.42 Å². The zero-order valence-corrected chi connectivity index (χ0v) is 12.8. The molecule has 0 saturated heterocycles. The van der Waals surface area contributed by atoms with Gasteiger partial charge >= 0.3 is 10.1 Å². The minimum Gasteiger partial charge on any atom is -0.282 e. The summed E-state index contributed by atoms with van der Waals surface area (Å²) >= 11 is 0. The van der Waals surface area contributed by atoms with E-state index in [4.69, 9.17) is 4.55 Å². The summed E-state index contributed by atoms with van der Waals surface area (Å²) in [6.45, 7) is 6.48. The van der Waals surface area contributed by atoms with E-state index in [1.54, 1.807) is 27.7 Å². The number of hydrogen-bond acceptors (Lipinski definition) is 2. The van der Waals surface area contributed by atoms with Crippen molar-refractivity contribution in [3.05, 3.63) is 28.8 Å². The van der Waals surface area contributed by atoms with E-state index >= 15 is 0 Å². The molecule has 0 amide bonds. The standard InChI is InChI=1S/C13H16F4O3S/c1-5-6(13(2,3)4)7-8(14)10(16)12(21(18,19)20)11(17)9(7)15/h6H,5H2,1-4H3,(H,18,19,20). The molecular weight excluding hydrogens is 312 g/mol. The van der Waals surface area contributed by atoms with Crippen LogP contribution in [-0.4, -0.2) is 13.0 Å². The Kier molecular flexibility index (Phi) is 4.74. The predicted octanol–water partition coefficient (Wildman–Crippen LogP) is 4.03. The van der Waals surface area contributed by atoms with Gasteiger partial charge in [-0.05, 0) is 17.8 Å². The van der Waals surface area contributed by atoms with Crippen molar-refractivity contribution in [2.75, 3.05) is 0 Å². The van der Waals surface area contributed by atoms with Crippen LogP contribution in [0.5, 0.6) is 0 Å². The highest BCUT2D eigenvalue weighted by Crippen LogP contribution is 2.42.